The van der Waals surface area contributed by atoms with E-state index in [9.17, 15) is 9.50 Å². The van der Waals surface area contributed by atoms with E-state index in [2.05, 4.69) is 4.98 Å². The number of aromatic nitrogens is 2. The van der Waals surface area contributed by atoms with Crippen LogP contribution in [-0.2, 0) is 0 Å². The molecule has 0 aliphatic heterocycles. The van der Waals surface area contributed by atoms with Crippen LogP contribution in [0.2, 0.25) is 0 Å². The predicted octanol–water partition coefficient (Wildman–Crippen LogP) is 2.85. The minimum absolute atomic E-state index is 0.0823. The van der Waals surface area contributed by atoms with E-state index in [-0.39, 0.29) is 11.3 Å². The van der Waals surface area contributed by atoms with Crippen molar-refractivity contribution in [2.75, 3.05) is 0 Å². The van der Waals surface area contributed by atoms with Crippen molar-refractivity contribution in [3.05, 3.63) is 54.7 Å². The van der Waals surface area contributed by atoms with Crippen molar-refractivity contribution in [2.45, 2.75) is 0 Å². The Kier molecular flexibility index (Phi) is 2.08. The summed E-state index contributed by atoms with van der Waals surface area (Å²) in [5.41, 5.74) is 1.38. The highest BCUT2D eigenvalue weighted by Gasteiger charge is 2.13. The molecule has 0 atom stereocenters. The number of benzene rings is 1. The lowest BCUT2D eigenvalue weighted by molar-refractivity contribution is 0.472. The average molecular weight is 228 g/mol. The lowest BCUT2D eigenvalue weighted by Gasteiger charge is -2.07. The molecular weight excluding hydrogens is 219 g/mol. The summed E-state index contributed by atoms with van der Waals surface area (Å²) in [6.45, 7) is 0. The molecule has 0 saturated heterocycles. The number of nitrogens with zero attached hydrogens (tertiary/aromatic N) is 2. The van der Waals surface area contributed by atoms with Gasteiger partial charge in [-0.25, -0.2) is 9.37 Å². The highest BCUT2D eigenvalue weighted by molar-refractivity contribution is 5.81. The van der Waals surface area contributed by atoms with E-state index >= 15 is 0 Å². The number of imidazole rings is 1. The second-order valence-electron chi connectivity index (χ2n) is 3.71. The van der Waals surface area contributed by atoms with Crippen LogP contribution in [0.1, 0.15) is 0 Å². The number of aromatic hydroxyl groups is 1. The Bertz CT molecular complexity index is 670. The van der Waals surface area contributed by atoms with Crippen molar-refractivity contribution in [3.63, 3.8) is 0 Å². The molecule has 17 heavy (non-hydrogen) atoms. The van der Waals surface area contributed by atoms with Gasteiger partial charge in [-0.2, -0.15) is 0 Å². The summed E-state index contributed by atoms with van der Waals surface area (Å²) in [6, 6.07) is 7.78. The Labute approximate surface area is 96.8 Å². The topological polar surface area (TPSA) is 37.5 Å². The molecule has 0 unspecified atom stereocenters. The first kappa shape index (κ1) is 9.84. The quantitative estimate of drug-likeness (QED) is 0.695. The maximum Gasteiger partial charge on any atom is 0.144 e. The maximum atomic E-state index is 13.8. The molecule has 2 aromatic heterocycles. The third kappa shape index (κ3) is 1.45. The normalized spacial score (nSPS) is 10.9. The van der Waals surface area contributed by atoms with Crippen LogP contribution in [0.4, 0.5) is 4.39 Å². The van der Waals surface area contributed by atoms with E-state index in [4.69, 9.17) is 0 Å². The molecule has 0 saturated carbocycles. The van der Waals surface area contributed by atoms with E-state index in [0.29, 0.717) is 11.2 Å². The third-order valence-corrected chi connectivity index (χ3v) is 2.68. The Hall–Kier alpha value is -2.36. The van der Waals surface area contributed by atoms with Crippen LogP contribution in [0, 0.1) is 5.82 Å². The molecule has 0 amide bonds. The van der Waals surface area contributed by atoms with Crippen molar-refractivity contribution < 1.29 is 9.50 Å². The first-order valence-electron chi connectivity index (χ1n) is 5.17. The number of phenolic OH excluding ortho intramolecular Hbond substituents is 1. The summed E-state index contributed by atoms with van der Waals surface area (Å²) < 4.78 is 15.6. The molecule has 3 aromatic rings. The Balaban J connectivity index is 2.38. The van der Waals surface area contributed by atoms with Gasteiger partial charge in [0.1, 0.15) is 17.2 Å². The monoisotopic (exact) mass is 228 g/mol. The van der Waals surface area contributed by atoms with Gasteiger partial charge in [-0.3, -0.25) is 0 Å². The van der Waals surface area contributed by atoms with Gasteiger partial charge in [-0.15, -0.1) is 0 Å². The van der Waals surface area contributed by atoms with E-state index < -0.39 is 5.82 Å². The molecular formula is C13H9FN2O. The summed E-state index contributed by atoms with van der Waals surface area (Å²) in [4.78, 5) is 4.16. The smallest absolute Gasteiger partial charge is 0.144 e. The van der Waals surface area contributed by atoms with Gasteiger partial charge in [-0.1, -0.05) is 6.07 Å². The van der Waals surface area contributed by atoms with Crippen molar-refractivity contribution in [1.29, 1.82) is 0 Å². The van der Waals surface area contributed by atoms with Crippen LogP contribution in [0.5, 0.6) is 5.75 Å². The van der Waals surface area contributed by atoms with Crippen molar-refractivity contribution in [3.8, 4) is 16.9 Å². The van der Waals surface area contributed by atoms with E-state index in [1.54, 1.807) is 28.9 Å². The number of hydrogen-bond donors (Lipinski definition) is 1. The molecule has 3 nitrogen and oxygen atoms in total. The molecule has 0 aliphatic carbocycles. The second-order valence-corrected chi connectivity index (χ2v) is 3.71. The van der Waals surface area contributed by atoms with E-state index in [0.717, 1.165) is 0 Å². The average Bonchev–Trinajstić information content (AvgIpc) is 2.77. The van der Waals surface area contributed by atoms with Gasteiger partial charge in [0.05, 0.1) is 5.56 Å². The van der Waals surface area contributed by atoms with Crippen LogP contribution in [0.25, 0.3) is 16.8 Å². The summed E-state index contributed by atoms with van der Waals surface area (Å²) in [7, 11) is 0. The number of rotatable bonds is 1. The molecule has 0 aliphatic rings. The van der Waals surface area contributed by atoms with E-state index in [1.807, 2.05) is 6.20 Å². The van der Waals surface area contributed by atoms with Gasteiger partial charge in [0.2, 0.25) is 0 Å². The molecule has 3 rings (SSSR count). The molecule has 84 valence electrons. The van der Waals surface area contributed by atoms with Crippen LogP contribution in [-0.4, -0.2) is 14.5 Å². The zero-order valence-electron chi connectivity index (χ0n) is 8.84. The van der Waals surface area contributed by atoms with E-state index in [1.165, 1.54) is 18.2 Å². The van der Waals surface area contributed by atoms with Crippen molar-refractivity contribution in [2.24, 2.45) is 0 Å². The Morgan fingerprint density at radius 3 is 2.82 bits per heavy atom. The van der Waals surface area contributed by atoms with Gasteiger partial charge < -0.3 is 9.51 Å². The fourth-order valence-corrected chi connectivity index (χ4v) is 1.92. The molecule has 0 radical (unpaired) electrons. The summed E-state index contributed by atoms with van der Waals surface area (Å²) in [5.74, 6) is -0.540. The van der Waals surface area contributed by atoms with Crippen LogP contribution >= 0.6 is 0 Å². The van der Waals surface area contributed by atoms with Gasteiger partial charge >= 0.3 is 0 Å². The molecule has 1 aromatic carbocycles. The van der Waals surface area contributed by atoms with Crippen molar-refractivity contribution >= 4 is 5.65 Å². The number of hydrogen-bond acceptors (Lipinski definition) is 2. The zero-order valence-corrected chi connectivity index (χ0v) is 8.84. The Morgan fingerprint density at radius 1 is 1.12 bits per heavy atom. The van der Waals surface area contributed by atoms with Crippen molar-refractivity contribution in [1.82, 2.24) is 9.38 Å². The van der Waals surface area contributed by atoms with Gasteiger partial charge in [0, 0.05) is 24.2 Å². The third-order valence-electron chi connectivity index (χ3n) is 2.68. The molecule has 4 heteroatoms. The number of phenols is 1. The maximum absolute atomic E-state index is 13.8. The largest absolute Gasteiger partial charge is 0.507 e. The highest BCUT2D eigenvalue weighted by Crippen LogP contribution is 2.33. The molecule has 2 heterocycles. The van der Waals surface area contributed by atoms with Gasteiger partial charge in [-0.05, 0) is 24.3 Å². The minimum atomic E-state index is -0.457. The second kappa shape index (κ2) is 3.59. The Morgan fingerprint density at radius 2 is 2.00 bits per heavy atom. The minimum Gasteiger partial charge on any atom is -0.507 e. The summed E-state index contributed by atoms with van der Waals surface area (Å²) in [5, 5.41) is 9.76. The highest BCUT2D eigenvalue weighted by atomic mass is 19.1. The molecule has 0 spiro atoms. The van der Waals surface area contributed by atoms with Gasteiger partial charge in [0.15, 0.2) is 0 Å². The summed E-state index contributed by atoms with van der Waals surface area (Å²) >= 11 is 0. The molecule has 0 fully saturated rings. The van der Waals surface area contributed by atoms with Crippen LogP contribution < -0.4 is 0 Å². The summed E-state index contributed by atoms with van der Waals surface area (Å²) in [6.07, 6.45) is 5.23. The molecule has 1 N–H and O–H groups in total. The first-order valence-corrected chi connectivity index (χ1v) is 5.17. The lowest BCUT2D eigenvalue weighted by atomic mass is 10.1. The van der Waals surface area contributed by atoms with Crippen LogP contribution in [0.15, 0.2) is 48.9 Å². The molecule has 0 bridgehead atoms. The predicted molar refractivity (Wildman–Crippen MR) is 62.3 cm³/mol. The van der Waals surface area contributed by atoms with Crippen LogP contribution in [0.3, 0.4) is 0 Å². The van der Waals surface area contributed by atoms with Gasteiger partial charge in [0.25, 0.3) is 0 Å². The number of pyridine rings is 1. The number of fused-ring (bicyclic) bond motifs is 1. The fraction of sp³-hybridized carbons (Fsp3) is 0. The fourth-order valence-electron chi connectivity index (χ4n) is 1.92. The standard InChI is InChI=1S/C13H9FN2O/c14-10-4-1-5-11(17)12(10)9-3-2-7-16-8-6-15-13(9)16/h1-8,17H. The SMILES string of the molecule is Oc1cccc(F)c1-c1cccn2ccnc12. The number of halogens is 1. The zero-order chi connectivity index (χ0) is 11.8. The first-order chi connectivity index (χ1) is 8.27. The lowest BCUT2D eigenvalue weighted by Crippen LogP contribution is -1.90.